The summed E-state index contributed by atoms with van der Waals surface area (Å²) in [5.41, 5.74) is 1.27. The zero-order valence-electron chi connectivity index (χ0n) is 17.9. The van der Waals surface area contributed by atoms with Gasteiger partial charge in [-0.2, -0.15) is 13.2 Å². The second-order valence-electron chi connectivity index (χ2n) is 8.68. The summed E-state index contributed by atoms with van der Waals surface area (Å²) in [6.07, 6.45) is -2.88. The van der Waals surface area contributed by atoms with Gasteiger partial charge >= 0.3 is 18.2 Å². The van der Waals surface area contributed by atoms with E-state index in [1.54, 1.807) is 17.0 Å². The van der Waals surface area contributed by atoms with Crippen LogP contribution in [0.15, 0.2) is 30.3 Å². The number of carbonyl (C=O) groups excluding carboxylic acids is 2. The zero-order valence-corrected chi connectivity index (χ0v) is 17.9. The van der Waals surface area contributed by atoms with Crippen LogP contribution in [0, 0.1) is 0 Å². The highest BCUT2D eigenvalue weighted by molar-refractivity contribution is 5.82. The minimum absolute atomic E-state index is 0.0126. The molecule has 170 valence electrons. The highest BCUT2D eigenvalue weighted by Crippen LogP contribution is 2.32. The van der Waals surface area contributed by atoms with E-state index in [-0.39, 0.29) is 19.2 Å². The van der Waals surface area contributed by atoms with Crippen molar-refractivity contribution in [3.63, 3.8) is 0 Å². The topological polar surface area (TPSA) is 59.1 Å². The van der Waals surface area contributed by atoms with E-state index in [1.165, 1.54) is 0 Å². The fourth-order valence-electron chi connectivity index (χ4n) is 3.61. The Labute approximate surface area is 179 Å². The Hall–Kier alpha value is -2.71. The minimum atomic E-state index is -4.88. The van der Waals surface area contributed by atoms with Gasteiger partial charge in [0.25, 0.3) is 0 Å². The van der Waals surface area contributed by atoms with Crippen LogP contribution < -0.4 is 4.74 Å². The number of benzene rings is 1. The summed E-state index contributed by atoms with van der Waals surface area (Å²) in [4.78, 5) is 26.1. The zero-order chi connectivity index (χ0) is 22.8. The fraction of sp³-hybridized carbons (Fsp3) is 0.545. The highest BCUT2D eigenvalue weighted by Gasteiger charge is 2.45. The third-order valence-electron chi connectivity index (χ3n) is 5.06. The number of halogens is 3. The predicted molar refractivity (Wildman–Crippen MR) is 109 cm³/mol. The van der Waals surface area contributed by atoms with E-state index in [2.05, 4.69) is 0 Å². The third-order valence-corrected chi connectivity index (χ3v) is 5.06. The van der Waals surface area contributed by atoms with Gasteiger partial charge in [-0.3, -0.25) is 4.79 Å². The molecule has 9 heteroatoms. The molecule has 0 radical (unpaired) electrons. The number of para-hydroxylation sites is 1. The summed E-state index contributed by atoms with van der Waals surface area (Å²) in [5.74, 6) is -1.27. The maximum absolute atomic E-state index is 12.7. The monoisotopic (exact) mass is 440 g/mol. The number of nitrogens with zero attached hydrogens (tertiary/aromatic N) is 2. The van der Waals surface area contributed by atoms with Gasteiger partial charge in [0.05, 0.1) is 6.54 Å². The first-order valence-corrected chi connectivity index (χ1v) is 10.2. The first-order chi connectivity index (χ1) is 14.4. The molecule has 3 rings (SSSR count). The van der Waals surface area contributed by atoms with Crippen molar-refractivity contribution in [2.24, 2.45) is 0 Å². The molecule has 0 aromatic heterocycles. The quantitative estimate of drug-likeness (QED) is 0.705. The van der Waals surface area contributed by atoms with Crippen LogP contribution in [-0.2, 0) is 9.53 Å². The summed E-state index contributed by atoms with van der Waals surface area (Å²) in [5, 5.41) is 0. The molecule has 6 nitrogen and oxygen atoms in total. The van der Waals surface area contributed by atoms with Gasteiger partial charge in [-0.1, -0.05) is 24.3 Å². The van der Waals surface area contributed by atoms with Crippen molar-refractivity contribution in [1.29, 1.82) is 0 Å². The Kier molecular flexibility index (Phi) is 6.52. The van der Waals surface area contributed by atoms with Crippen LogP contribution in [0.25, 0.3) is 5.57 Å². The van der Waals surface area contributed by atoms with Crippen LogP contribution >= 0.6 is 0 Å². The number of likely N-dealkylation sites (tertiary alicyclic amines) is 1. The number of hydrogen-bond donors (Lipinski definition) is 0. The van der Waals surface area contributed by atoms with E-state index in [0.717, 1.165) is 16.0 Å². The number of amides is 2. The van der Waals surface area contributed by atoms with Gasteiger partial charge in [-0.25, -0.2) is 4.79 Å². The lowest BCUT2D eigenvalue weighted by molar-refractivity contribution is -0.184. The van der Waals surface area contributed by atoms with Crippen molar-refractivity contribution in [3.05, 3.63) is 35.9 Å². The molecule has 2 aliphatic rings. The van der Waals surface area contributed by atoms with Gasteiger partial charge in [0.15, 0.2) is 0 Å². The average Bonchev–Trinajstić information content (AvgIpc) is 3.14. The molecule has 0 saturated carbocycles. The molecule has 31 heavy (non-hydrogen) atoms. The van der Waals surface area contributed by atoms with Crippen LogP contribution in [-0.4, -0.2) is 65.9 Å². The van der Waals surface area contributed by atoms with Crippen molar-refractivity contribution in [1.82, 2.24) is 9.80 Å². The standard InChI is InChI=1S/C22H27F3N2O4/c1-21(2,3)31-20(29)26-11-8-15(9-12-26)17-6-4-5-7-18(17)30-16-10-13-27(14-16)19(28)22(23,24)25/h4-8,16H,9-14H2,1-3H3/t16-/m0/s1. The van der Waals surface area contributed by atoms with Gasteiger partial charge in [-0.15, -0.1) is 0 Å². The molecule has 0 aliphatic carbocycles. The Balaban J connectivity index is 1.65. The molecular weight excluding hydrogens is 413 g/mol. The van der Waals surface area contributed by atoms with Gasteiger partial charge in [0, 0.05) is 31.6 Å². The van der Waals surface area contributed by atoms with Crippen molar-refractivity contribution in [2.45, 2.75) is 51.5 Å². The van der Waals surface area contributed by atoms with Crippen LogP contribution in [0.2, 0.25) is 0 Å². The Bertz CT molecular complexity index is 861. The molecule has 0 unspecified atom stereocenters. The molecule has 0 bridgehead atoms. The van der Waals surface area contributed by atoms with Crippen molar-refractivity contribution >= 4 is 17.6 Å². The average molecular weight is 440 g/mol. The van der Waals surface area contributed by atoms with Crippen LogP contribution in [0.5, 0.6) is 5.75 Å². The number of rotatable bonds is 3. The van der Waals surface area contributed by atoms with E-state index < -0.39 is 23.8 Å². The number of carbonyl (C=O) groups is 2. The molecule has 2 heterocycles. The van der Waals surface area contributed by atoms with E-state index in [4.69, 9.17) is 9.47 Å². The van der Waals surface area contributed by atoms with Crippen molar-refractivity contribution in [3.8, 4) is 5.75 Å². The minimum Gasteiger partial charge on any atom is -0.488 e. The summed E-state index contributed by atoms with van der Waals surface area (Å²) in [6.45, 7) is 6.25. The molecule has 0 N–H and O–H groups in total. The molecule has 2 amide bonds. The van der Waals surface area contributed by atoms with E-state index >= 15 is 0 Å². The fourth-order valence-corrected chi connectivity index (χ4v) is 3.61. The second-order valence-corrected chi connectivity index (χ2v) is 8.68. The predicted octanol–water partition coefficient (Wildman–Crippen LogP) is 4.25. The number of hydrogen-bond acceptors (Lipinski definition) is 4. The molecule has 2 aliphatic heterocycles. The van der Waals surface area contributed by atoms with Gasteiger partial charge in [0.1, 0.15) is 17.5 Å². The van der Waals surface area contributed by atoms with Gasteiger partial charge < -0.3 is 19.3 Å². The molecule has 1 saturated heterocycles. The SMILES string of the molecule is CC(C)(C)OC(=O)N1CC=C(c2ccccc2O[C@H]2CCN(C(=O)C(F)(F)F)C2)CC1. The molecule has 1 aromatic carbocycles. The second kappa shape index (κ2) is 8.80. The van der Waals surface area contributed by atoms with Crippen molar-refractivity contribution < 1.29 is 32.2 Å². The van der Waals surface area contributed by atoms with E-state index in [0.29, 0.717) is 31.7 Å². The maximum atomic E-state index is 12.7. The molecule has 0 spiro atoms. The van der Waals surface area contributed by atoms with Crippen LogP contribution in [0.3, 0.4) is 0 Å². The lowest BCUT2D eigenvalue weighted by atomic mass is 9.98. The normalized spacial score (nSPS) is 19.8. The Morgan fingerprint density at radius 1 is 1.06 bits per heavy atom. The first-order valence-electron chi connectivity index (χ1n) is 10.2. The lowest BCUT2D eigenvalue weighted by Crippen LogP contribution is -2.40. The van der Waals surface area contributed by atoms with Crippen LogP contribution in [0.4, 0.5) is 18.0 Å². The smallest absolute Gasteiger partial charge is 0.471 e. The Morgan fingerprint density at radius 2 is 1.77 bits per heavy atom. The lowest BCUT2D eigenvalue weighted by Gasteiger charge is -2.30. The van der Waals surface area contributed by atoms with Gasteiger partial charge in [0.2, 0.25) is 0 Å². The molecule has 1 aromatic rings. The molecule has 1 fully saturated rings. The molecular formula is C22H27F3N2O4. The number of alkyl halides is 3. The van der Waals surface area contributed by atoms with Gasteiger partial charge in [-0.05, 0) is 38.8 Å². The summed E-state index contributed by atoms with van der Waals surface area (Å²) < 4.78 is 49.4. The third kappa shape index (κ3) is 5.92. The summed E-state index contributed by atoms with van der Waals surface area (Å²) in [7, 11) is 0. The molecule has 1 atom stereocenters. The summed E-state index contributed by atoms with van der Waals surface area (Å²) in [6, 6.07) is 7.31. The summed E-state index contributed by atoms with van der Waals surface area (Å²) >= 11 is 0. The maximum Gasteiger partial charge on any atom is 0.471 e. The van der Waals surface area contributed by atoms with E-state index in [1.807, 2.05) is 39.0 Å². The van der Waals surface area contributed by atoms with E-state index in [9.17, 15) is 22.8 Å². The highest BCUT2D eigenvalue weighted by atomic mass is 19.4. The van der Waals surface area contributed by atoms with Crippen LogP contribution in [0.1, 0.15) is 39.2 Å². The largest absolute Gasteiger partial charge is 0.488 e. The van der Waals surface area contributed by atoms with Crippen molar-refractivity contribution in [2.75, 3.05) is 26.2 Å². The first kappa shape index (κ1) is 23.0. The Morgan fingerprint density at radius 3 is 2.39 bits per heavy atom. The number of ether oxygens (including phenoxy) is 2.